The van der Waals surface area contributed by atoms with Crippen LogP contribution in [0, 0.1) is 33.6 Å². The number of rotatable bonds is 7. The van der Waals surface area contributed by atoms with Gasteiger partial charge in [0.1, 0.15) is 0 Å². The fraction of sp³-hybridized carbons (Fsp3) is 0.0851. The molecule has 48 heavy (non-hydrogen) atoms. The van der Waals surface area contributed by atoms with Gasteiger partial charge >= 0.3 is 0 Å². The summed E-state index contributed by atoms with van der Waals surface area (Å²) in [7, 11) is 0. The molecule has 0 nitrogen and oxygen atoms in total. The van der Waals surface area contributed by atoms with Gasteiger partial charge in [0, 0.05) is 0 Å². The van der Waals surface area contributed by atoms with E-state index in [1.165, 1.54) is 62.6 Å². The molecule has 0 saturated carbocycles. The van der Waals surface area contributed by atoms with Crippen LogP contribution in [-0.4, -0.2) is 13.1 Å². The summed E-state index contributed by atoms with van der Waals surface area (Å²) in [5.41, 5.74) is 9.03. The van der Waals surface area contributed by atoms with E-state index in [-0.39, 0.29) is 0 Å². The van der Waals surface area contributed by atoms with Crippen LogP contribution in [0.25, 0.3) is 0 Å². The molecule has 0 unspecified atom stereocenters. The SMILES string of the molecule is Cc1ccc[c]([Al-]([c]2cccc(C)c2)([c]2cccc(C)c2)[c]2cccc(C)c2)c1.c1ccc([C+](c2ccccc2)c2ccccc2)cc1. The number of hydrogen-bond acceptors (Lipinski definition) is 0. The van der Waals surface area contributed by atoms with Gasteiger partial charge in [0.2, 0.25) is 0 Å². The molecule has 7 aromatic rings. The lowest BCUT2D eigenvalue weighted by molar-refractivity contribution is 1.23. The highest BCUT2D eigenvalue weighted by Gasteiger charge is 2.36. The van der Waals surface area contributed by atoms with Crippen LogP contribution in [0.15, 0.2) is 188 Å². The number of aryl methyl sites for hydroxylation is 4. The summed E-state index contributed by atoms with van der Waals surface area (Å²) in [6.45, 7) is 8.82. The third-order valence-corrected chi connectivity index (χ3v) is 14.8. The van der Waals surface area contributed by atoms with E-state index in [0.29, 0.717) is 0 Å². The average molecular weight is 635 g/mol. The van der Waals surface area contributed by atoms with Crippen LogP contribution in [0.2, 0.25) is 0 Å². The van der Waals surface area contributed by atoms with Crippen LogP contribution in [0.3, 0.4) is 0 Å². The van der Waals surface area contributed by atoms with Crippen LogP contribution in [0.4, 0.5) is 0 Å². The first-order valence-electron chi connectivity index (χ1n) is 16.9. The predicted molar refractivity (Wildman–Crippen MR) is 209 cm³/mol. The molecule has 0 aliphatic heterocycles. The van der Waals surface area contributed by atoms with Gasteiger partial charge in [0.15, 0.2) is 0 Å². The Morgan fingerprint density at radius 2 is 0.542 bits per heavy atom. The monoisotopic (exact) mass is 634 g/mol. The maximum absolute atomic E-state index is 2.84. The summed E-state index contributed by atoms with van der Waals surface area (Å²) in [6, 6.07) is 68.4. The van der Waals surface area contributed by atoms with E-state index >= 15 is 0 Å². The van der Waals surface area contributed by atoms with Gasteiger partial charge in [-0.05, 0) is 100 Å². The molecule has 0 aliphatic rings. The molecule has 1 heteroatoms. The molecule has 0 spiro atoms. The van der Waals surface area contributed by atoms with Gasteiger partial charge in [0.25, 0.3) is 13.1 Å². The van der Waals surface area contributed by atoms with Crippen LogP contribution < -0.4 is 17.7 Å². The summed E-state index contributed by atoms with van der Waals surface area (Å²) in [6.07, 6.45) is 0. The molecule has 7 aromatic carbocycles. The summed E-state index contributed by atoms with van der Waals surface area (Å²) in [5.74, 6) is 1.28. The van der Waals surface area contributed by atoms with Gasteiger partial charge in [-0.25, -0.2) is 17.7 Å². The van der Waals surface area contributed by atoms with Crippen molar-refractivity contribution < 1.29 is 0 Å². The molecule has 0 aromatic heterocycles. The Bertz CT molecular complexity index is 1780. The number of hydrogen-bond donors (Lipinski definition) is 0. The Balaban J connectivity index is 0.000000182. The van der Waals surface area contributed by atoms with Crippen LogP contribution in [0.1, 0.15) is 38.9 Å². The standard InChI is InChI=1S/C19H15.4C7H7.Al/c1-4-10-16(11-5-1)19(17-12-6-2-7-13-17)18-14-8-3-9-15-18;4*1-7-5-3-2-4-6-7;/h1-15H;4*2-3,5-6H,1H3;/q+1;;;;;-1. The highest BCUT2D eigenvalue weighted by atomic mass is 27.2. The van der Waals surface area contributed by atoms with Gasteiger partial charge in [-0.15, -0.1) is 48.5 Å². The minimum Gasteiger partial charge on any atom is -0.218 e. The van der Waals surface area contributed by atoms with E-state index in [2.05, 4.69) is 216 Å². The van der Waals surface area contributed by atoms with E-state index < -0.39 is 13.1 Å². The van der Waals surface area contributed by atoms with Gasteiger partial charge in [-0.3, -0.25) is 0 Å². The molecular formula is C47H43Al. The summed E-state index contributed by atoms with van der Waals surface area (Å²) in [4.78, 5) is 0. The van der Waals surface area contributed by atoms with Crippen molar-refractivity contribution in [3.8, 4) is 0 Å². The van der Waals surface area contributed by atoms with Crippen molar-refractivity contribution in [3.05, 3.63) is 233 Å². The zero-order valence-electron chi connectivity index (χ0n) is 28.5. The van der Waals surface area contributed by atoms with Gasteiger partial charge < -0.3 is 0 Å². The van der Waals surface area contributed by atoms with Crippen LogP contribution >= 0.6 is 0 Å². The van der Waals surface area contributed by atoms with Crippen molar-refractivity contribution >= 4 is 30.8 Å². The molecule has 0 atom stereocenters. The topological polar surface area (TPSA) is 0 Å². The summed E-state index contributed by atoms with van der Waals surface area (Å²) in [5, 5.41) is 0. The minimum absolute atomic E-state index is 1.25. The van der Waals surface area contributed by atoms with E-state index in [0.717, 1.165) is 0 Å². The van der Waals surface area contributed by atoms with Crippen LogP contribution in [-0.2, 0) is 0 Å². The molecule has 0 radical (unpaired) electrons. The first-order chi connectivity index (χ1) is 23.4. The van der Waals surface area contributed by atoms with E-state index in [1.807, 2.05) is 0 Å². The smallest absolute Gasteiger partial charge is 0.218 e. The van der Waals surface area contributed by atoms with Crippen molar-refractivity contribution in [2.24, 2.45) is 0 Å². The summed E-state index contributed by atoms with van der Waals surface area (Å²) < 4.78 is 5.89. The fourth-order valence-electron chi connectivity index (χ4n) is 7.23. The maximum Gasteiger partial charge on any atom is 0.267 e. The van der Waals surface area contributed by atoms with Gasteiger partial charge in [0.05, 0.1) is 22.6 Å². The largest absolute Gasteiger partial charge is 0.267 e. The Kier molecular flexibility index (Phi) is 10.4. The molecule has 234 valence electrons. The highest BCUT2D eigenvalue weighted by Crippen LogP contribution is 2.30. The van der Waals surface area contributed by atoms with Crippen molar-refractivity contribution in [3.63, 3.8) is 0 Å². The third-order valence-electron chi connectivity index (χ3n) is 9.36. The minimum atomic E-state index is -2.84. The molecule has 0 amide bonds. The van der Waals surface area contributed by atoms with Crippen molar-refractivity contribution in [1.82, 2.24) is 0 Å². The zero-order valence-corrected chi connectivity index (χ0v) is 29.6. The quantitative estimate of drug-likeness (QED) is 0.0933. The predicted octanol–water partition coefficient (Wildman–Crippen LogP) is 9.00. The second kappa shape index (κ2) is 15.2. The molecule has 0 aliphatic carbocycles. The lowest BCUT2D eigenvalue weighted by Gasteiger charge is -2.41. The molecule has 0 saturated heterocycles. The second-order valence-electron chi connectivity index (χ2n) is 13.0. The maximum atomic E-state index is 2.41. The Labute approximate surface area is 290 Å². The van der Waals surface area contributed by atoms with E-state index in [9.17, 15) is 0 Å². The molecule has 0 bridgehead atoms. The van der Waals surface area contributed by atoms with Crippen molar-refractivity contribution in [2.45, 2.75) is 27.7 Å². The molecule has 0 heterocycles. The van der Waals surface area contributed by atoms with Gasteiger partial charge in [-0.2, -0.15) is 0 Å². The Morgan fingerprint density at radius 3 is 0.771 bits per heavy atom. The zero-order chi connectivity index (χ0) is 33.3. The second-order valence-corrected chi connectivity index (χ2v) is 17.4. The Hall–Kier alpha value is -5.06. The normalized spacial score (nSPS) is 10.9. The van der Waals surface area contributed by atoms with Gasteiger partial charge in [-0.1, -0.05) is 89.0 Å². The lowest BCUT2D eigenvalue weighted by atomic mass is 9.85. The first kappa shape index (κ1) is 32.9. The molecule has 0 N–H and O–H groups in total. The highest BCUT2D eigenvalue weighted by molar-refractivity contribution is 7.19. The van der Waals surface area contributed by atoms with Crippen molar-refractivity contribution in [2.75, 3.05) is 0 Å². The Morgan fingerprint density at radius 1 is 0.292 bits per heavy atom. The summed E-state index contributed by atoms with van der Waals surface area (Å²) >= 11 is -2.84. The fourth-order valence-corrected chi connectivity index (χ4v) is 13.2. The molecule has 0 fully saturated rings. The average Bonchev–Trinajstić information content (AvgIpc) is 3.11. The number of benzene rings is 7. The van der Waals surface area contributed by atoms with Crippen molar-refractivity contribution in [1.29, 1.82) is 0 Å². The van der Waals surface area contributed by atoms with E-state index in [1.54, 1.807) is 0 Å². The third kappa shape index (κ3) is 7.25. The van der Waals surface area contributed by atoms with E-state index in [4.69, 9.17) is 0 Å². The molecular weight excluding hydrogens is 591 g/mol. The molecule has 7 rings (SSSR count). The lowest BCUT2D eigenvalue weighted by Crippen LogP contribution is -2.75. The van der Waals surface area contributed by atoms with Crippen LogP contribution in [0.5, 0.6) is 0 Å². The first-order valence-corrected chi connectivity index (χ1v) is 19.2.